The van der Waals surface area contributed by atoms with Crippen LogP contribution < -0.4 is 5.32 Å². The molecule has 3 nitrogen and oxygen atoms in total. The molecule has 0 saturated heterocycles. The van der Waals surface area contributed by atoms with Crippen LogP contribution in [0.25, 0.3) is 0 Å². The van der Waals surface area contributed by atoms with Crippen molar-refractivity contribution in [2.75, 3.05) is 6.61 Å². The van der Waals surface area contributed by atoms with Crippen LogP contribution in [-0.4, -0.2) is 22.9 Å². The number of rotatable bonds is 6. The Balaban J connectivity index is 2.62. The van der Waals surface area contributed by atoms with Crippen molar-refractivity contribution in [2.24, 2.45) is 5.92 Å². The van der Waals surface area contributed by atoms with E-state index in [2.05, 4.69) is 35.1 Å². The largest absolute Gasteiger partial charge is 0.506 e. The quantitative estimate of drug-likeness (QED) is 0.757. The summed E-state index contributed by atoms with van der Waals surface area (Å²) < 4.78 is 0.708. The number of hydrogen-bond acceptors (Lipinski definition) is 3. The molecule has 0 spiro atoms. The van der Waals surface area contributed by atoms with E-state index in [0.717, 1.165) is 12.0 Å². The minimum atomic E-state index is 0.181. The van der Waals surface area contributed by atoms with Crippen molar-refractivity contribution in [1.82, 2.24) is 5.32 Å². The monoisotopic (exact) mass is 301 g/mol. The van der Waals surface area contributed by atoms with E-state index in [-0.39, 0.29) is 18.4 Å². The van der Waals surface area contributed by atoms with Gasteiger partial charge in [-0.05, 0) is 34.3 Å². The fraction of sp³-hybridized carbons (Fsp3) is 0.538. The summed E-state index contributed by atoms with van der Waals surface area (Å²) in [6.45, 7) is 5.02. The minimum Gasteiger partial charge on any atom is -0.506 e. The topological polar surface area (TPSA) is 52.5 Å². The summed E-state index contributed by atoms with van der Waals surface area (Å²) in [5, 5.41) is 22.2. The smallest absolute Gasteiger partial charge is 0.134 e. The number of aromatic hydroxyl groups is 1. The Bertz CT molecular complexity index is 355. The average Bonchev–Trinajstić information content (AvgIpc) is 2.29. The van der Waals surface area contributed by atoms with Gasteiger partial charge in [0.25, 0.3) is 0 Å². The molecule has 1 aromatic rings. The molecule has 0 radical (unpaired) electrons. The van der Waals surface area contributed by atoms with Gasteiger partial charge in [0.2, 0.25) is 0 Å². The zero-order valence-electron chi connectivity index (χ0n) is 10.3. The van der Waals surface area contributed by atoms with Gasteiger partial charge in [-0.3, -0.25) is 0 Å². The fourth-order valence-electron chi connectivity index (χ4n) is 1.75. The summed E-state index contributed by atoms with van der Waals surface area (Å²) in [5.74, 6) is 0.739. The van der Waals surface area contributed by atoms with Gasteiger partial charge < -0.3 is 15.5 Å². The molecule has 0 bridgehead atoms. The molecule has 0 aliphatic carbocycles. The molecule has 0 amide bonds. The molecule has 1 rings (SSSR count). The van der Waals surface area contributed by atoms with Gasteiger partial charge in [-0.15, -0.1) is 0 Å². The van der Waals surface area contributed by atoms with Crippen LogP contribution in [0.4, 0.5) is 0 Å². The number of para-hydroxylation sites is 1. The molecular weight excluding hydrogens is 282 g/mol. The van der Waals surface area contributed by atoms with Crippen molar-refractivity contribution in [2.45, 2.75) is 32.9 Å². The highest BCUT2D eigenvalue weighted by molar-refractivity contribution is 9.10. The Morgan fingerprint density at radius 1 is 1.35 bits per heavy atom. The maximum absolute atomic E-state index is 9.84. The summed E-state index contributed by atoms with van der Waals surface area (Å²) in [6, 6.07) is 5.87. The molecule has 3 N–H and O–H groups in total. The fourth-order valence-corrected chi connectivity index (χ4v) is 2.16. The molecule has 1 unspecified atom stereocenters. The zero-order valence-corrected chi connectivity index (χ0v) is 11.9. The van der Waals surface area contributed by atoms with Crippen molar-refractivity contribution < 1.29 is 10.2 Å². The van der Waals surface area contributed by atoms with E-state index in [9.17, 15) is 5.11 Å². The second kappa shape index (κ2) is 6.99. The van der Waals surface area contributed by atoms with E-state index in [1.165, 1.54) is 0 Å². The third kappa shape index (κ3) is 4.30. The first-order valence-electron chi connectivity index (χ1n) is 5.86. The third-order valence-corrected chi connectivity index (χ3v) is 3.51. The number of aliphatic hydroxyl groups excluding tert-OH is 1. The predicted molar refractivity (Wildman–Crippen MR) is 73.0 cm³/mol. The number of halogens is 1. The van der Waals surface area contributed by atoms with Gasteiger partial charge >= 0.3 is 0 Å². The number of hydrogen-bond donors (Lipinski definition) is 3. The summed E-state index contributed by atoms with van der Waals surface area (Å²) >= 11 is 3.29. The molecule has 1 atom stereocenters. The molecule has 0 heterocycles. The number of phenolic OH excluding ortho intramolecular Hbond substituents is 1. The zero-order chi connectivity index (χ0) is 12.8. The maximum Gasteiger partial charge on any atom is 0.134 e. The normalized spacial score (nSPS) is 13.0. The minimum absolute atomic E-state index is 0.181. The van der Waals surface area contributed by atoms with Crippen molar-refractivity contribution >= 4 is 15.9 Å². The Morgan fingerprint density at radius 3 is 2.65 bits per heavy atom. The SMILES string of the molecule is CC(C)C(CCO)NCc1cccc(Br)c1O. The molecule has 0 aliphatic rings. The van der Waals surface area contributed by atoms with Gasteiger partial charge in [0.1, 0.15) is 5.75 Å². The second-order valence-corrected chi connectivity index (χ2v) is 5.35. The second-order valence-electron chi connectivity index (χ2n) is 4.49. The highest BCUT2D eigenvalue weighted by atomic mass is 79.9. The summed E-state index contributed by atoms with van der Waals surface area (Å²) in [7, 11) is 0. The van der Waals surface area contributed by atoms with Crippen LogP contribution in [0.3, 0.4) is 0 Å². The first-order chi connectivity index (χ1) is 8.06. The van der Waals surface area contributed by atoms with Gasteiger partial charge in [0.15, 0.2) is 0 Å². The van der Waals surface area contributed by atoms with Crippen LogP contribution in [-0.2, 0) is 6.54 Å². The van der Waals surface area contributed by atoms with Crippen LogP contribution in [0.1, 0.15) is 25.8 Å². The predicted octanol–water partition coefficient (Wildman–Crippen LogP) is 2.65. The van der Waals surface area contributed by atoms with Gasteiger partial charge in [-0.2, -0.15) is 0 Å². The highest BCUT2D eigenvalue weighted by Crippen LogP contribution is 2.27. The van der Waals surface area contributed by atoms with Crippen molar-refractivity contribution in [3.8, 4) is 5.75 Å². The van der Waals surface area contributed by atoms with Gasteiger partial charge in [-0.25, -0.2) is 0 Å². The van der Waals surface area contributed by atoms with E-state index < -0.39 is 0 Å². The number of nitrogens with one attached hydrogen (secondary N) is 1. The third-order valence-electron chi connectivity index (χ3n) is 2.87. The molecule has 0 saturated carbocycles. The van der Waals surface area contributed by atoms with Crippen LogP contribution in [0.15, 0.2) is 22.7 Å². The van der Waals surface area contributed by atoms with Gasteiger partial charge in [0.05, 0.1) is 4.47 Å². The van der Waals surface area contributed by atoms with E-state index in [0.29, 0.717) is 16.9 Å². The summed E-state index contributed by atoms with van der Waals surface area (Å²) in [5.41, 5.74) is 0.864. The first-order valence-corrected chi connectivity index (χ1v) is 6.66. The Hall–Kier alpha value is -0.580. The molecule has 96 valence electrons. The van der Waals surface area contributed by atoms with Crippen molar-refractivity contribution in [3.63, 3.8) is 0 Å². The Morgan fingerprint density at radius 2 is 2.06 bits per heavy atom. The average molecular weight is 302 g/mol. The van der Waals surface area contributed by atoms with Crippen LogP contribution in [0, 0.1) is 5.92 Å². The highest BCUT2D eigenvalue weighted by Gasteiger charge is 2.13. The molecule has 17 heavy (non-hydrogen) atoms. The molecule has 0 aliphatic heterocycles. The van der Waals surface area contributed by atoms with E-state index in [1.54, 1.807) is 0 Å². The van der Waals surface area contributed by atoms with Crippen LogP contribution >= 0.6 is 15.9 Å². The van der Waals surface area contributed by atoms with Crippen LogP contribution in [0.2, 0.25) is 0 Å². The van der Waals surface area contributed by atoms with E-state index >= 15 is 0 Å². The summed E-state index contributed by atoms with van der Waals surface area (Å²) in [6.07, 6.45) is 0.729. The molecule has 4 heteroatoms. The standard InChI is InChI=1S/C13H20BrNO2/c1-9(2)12(6-7-16)15-8-10-4-3-5-11(14)13(10)17/h3-5,9,12,15-17H,6-8H2,1-2H3. The molecule has 0 fully saturated rings. The molecular formula is C13H20BrNO2. The van der Waals surface area contributed by atoms with Crippen molar-refractivity contribution in [3.05, 3.63) is 28.2 Å². The molecule has 0 aromatic heterocycles. The lowest BCUT2D eigenvalue weighted by molar-refractivity contribution is 0.243. The number of benzene rings is 1. The van der Waals surface area contributed by atoms with Gasteiger partial charge in [-0.1, -0.05) is 26.0 Å². The lowest BCUT2D eigenvalue weighted by atomic mass is 10.0. The van der Waals surface area contributed by atoms with Gasteiger partial charge in [0, 0.05) is 24.8 Å². The van der Waals surface area contributed by atoms with Crippen molar-refractivity contribution in [1.29, 1.82) is 0 Å². The Kier molecular flexibility index (Phi) is 5.95. The maximum atomic E-state index is 9.84. The number of aliphatic hydroxyl groups is 1. The lowest BCUT2D eigenvalue weighted by Crippen LogP contribution is -2.34. The first kappa shape index (κ1) is 14.5. The number of phenols is 1. The Labute approximate surface area is 111 Å². The van der Waals surface area contributed by atoms with Crippen LogP contribution in [0.5, 0.6) is 5.75 Å². The summed E-state index contributed by atoms with van der Waals surface area (Å²) in [4.78, 5) is 0. The van der Waals surface area contributed by atoms with E-state index in [4.69, 9.17) is 5.11 Å². The molecule has 1 aromatic carbocycles. The lowest BCUT2D eigenvalue weighted by Gasteiger charge is -2.22. The van der Waals surface area contributed by atoms with E-state index in [1.807, 2.05) is 18.2 Å².